The fourth-order valence-electron chi connectivity index (χ4n) is 1.92. The molecule has 0 unspecified atom stereocenters. The number of hydrogen-bond acceptors (Lipinski definition) is 1. The molecule has 0 rings (SSSR count). The topological polar surface area (TPSA) is 30.0 Å². The lowest BCUT2D eigenvalue weighted by Gasteiger charge is -2.36. The van der Waals surface area contributed by atoms with E-state index in [1.165, 1.54) is 43.5 Å². The number of hydrogen-bond donors (Lipinski definition) is 0. The summed E-state index contributed by atoms with van der Waals surface area (Å²) < 4.78 is 1.33. The van der Waals surface area contributed by atoms with Gasteiger partial charge < -0.3 is 9.96 Å². The molecule has 0 aromatic rings. The molecule has 0 saturated heterocycles. The van der Waals surface area contributed by atoms with E-state index in [-0.39, 0.29) is 5.48 Å². The molecule has 0 bridgehead atoms. The molecule has 0 atom stereocenters. The standard InChI is InChI=1S/C10H24N.H2O/c1-5-9-11(7-3,8-4)10-6-2;/h5-10H2,1-4H3;1H2/q+1;/p-1. The minimum atomic E-state index is 0. The van der Waals surface area contributed by atoms with Crippen molar-refractivity contribution in [3.8, 4) is 0 Å². The molecule has 1 N–H and O–H groups in total. The summed E-state index contributed by atoms with van der Waals surface area (Å²) in [6.45, 7) is 14.5. The smallest absolute Gasteiger partial charge is 0.0783 e. The highest BCUT2D eigenvalue weighted by atomic mass is 16.0. The normalized spacial score (nSPS) is 11.0. The molecule has 0 heterocycles. The van der Waals surface area contributed by atoms with Crippen molar-refractivity contribution in [3.05, 3.63) is 0 Å². The van der Waals surface area contributed by atoms with Crippen LogP contribution in [0.5, 0.6) is 0 Å². The Hall–Kier alpha value is -0.0800. The number of nitrogens with zero attached hydrogens (tertiary/aromatic N) is 1. The van der Waals surface area contributed by atoms with Crippen LogP contribution in [-0.4, -0.2) is 36.1 Å². The van der Waals surface area contributed by atoms with E-state index in [1.54, 1.807) is 0 Å². The summed E-state index contributed by atoms with van der Waals surface area (Å²) in [5.74, 6) is 0. The van der Waals surface area contributed by atoms with E-state index in [2.05, 4.69) is 27.7 Å². The molecule has 2 heteroatoms. The van der Waals surface area contributed by atoms with Crippen LogP contribution in [0.1, 0.15) is 40.5 Å². The summed E-state index contributed by atoms with van der Waals surface area (Å²) in [6.07, 6.45) is 2.64. The summed E-state index contributed by atoms with van der Waals surface area (Å²) in [5.41, 5.74) is 0. The van der Waals surface area contributed by atoms with E-state index in [9.17, 15) is 0 Å². The summed E-state index contributed by atoms with van der Waals surface area (Å²) in [4.78, 5) is 0. The molecule has 0 fully saturated rings. The molecular weight excluding hydrogens is 150 g/mol. The first-order valence-electron chi connectivity index (χ1n) is 5.09. The van der Waals surface area contributed by atoms with Gasteiger partial charge in [-0.25, -0.2) is 0 Å². The van der Waals surface area contributed by atoms with Crippen molar-refractivity contribution in [2.75, 3.05) is 26.2 Å². The quantitative estimate of drug-likeness (QED) is 0.570. The lowest BCUT2D eigenvalue weighted by Crippen LogP contribution is -2.48. The minimum absolute atomic E-state index is 0. The first kappa shape index (κ1) is 14.4. The van der Waals surface area contributed by atoms with E-state index in [4.69, 9.17) is 0 Å². The highest BCUT2D eigenvalue weighted by molar-refractivity contribution is 4.38. The molecule has 0 aliphatic carbocycles. The SMILES string of the molecule is CCC[N+](CC)(CC)CCC.[OH-]. The maximum Gasteiger partial charge on any atom is 0.0783 e. The molecule has 2 nitrogen and oxygen atoms in total. The van der Waals surface area contributed by atoms with Gasteiger partial charge in [-0.05, 0) is 26.7 Å². The summed E-state index contributed by atoms with van der Waals surface area (Å²) in [6, 6.07) is 0. The van der Waals surface area contributed by atoms with Gasteiger partial charge in [0.25, 0.3) is 0 Å². The second-order valence-corrected chi connectivity index (χ2v) is 3.42. The van der Waals surface area contributed by atoms with Gasteiger partial charge >= 0.3 is 0 Å². The maximum absolute atomic E-state index is 2.31. The van der Waals surface area contributed by atoms with Gasteiger partial charge in [0.15, 0.2) is 0 Å². The summed E-state index contributed by atoms with van der Waals surface area (Å²) >= 11 is 0. The zero-order chi connectivity index (χ0) is 8.74. The zero-order valence-corrected chi connectivity index (χ0v) is 9.14. The van der Waals surface area contributed by atoms with Crippen molar-refractivity contribution in [1.82, 2.24) is 0 Å². The Morgan fingerprint density at radius 3 is 1.25 bits per heavy atom. The Kier molecular flexibility index (Phi) is 9.10. The average Bonchev–Trinajstić information content (AvgIpc) is 2.04. The summed E-state index contributed by atoms with van der Waals surface area (Å²) in [5, 5.41) is 0. The van der Waals surface area contributed by atoms with Crippen LogP contribution in [0.2, 0.25) is 0 Å². The third-order valence-electron chi connectivity index (χ3n) is 2.74. The summed E-state index contributed by atoms with van der Waals surface area (Å²) in [7, 11) is 0. The van der Waals surface area contributed by atoms with Crippen LogP contribution < -0.4 is 0 Å². The second-order valence-electron chi connectivity index (χ2n) is 3.42. The lowest BCUT2D eigenvalue weighted by atomic mass is 10.2. The van der Waals surface area contributed by atoms with Crippen LogP contribution in [0, 0.1) is 0 Å². The number of rotatable bonds is 6. The molecule has 12 heavy (non-hydrogen) atoms. The first-order valence-corrected chi connectivity index (χ1v) is 5.09. The van der Waals surface area contributed by atoms with E-state index in [1.807, 2.05) is 0 Å². The molecule has 0 aromatic heterocycles. The van der Waals surface area contributed by atoms with Crippen LogP contribution in [0.15, 0.2) is 0 Å². The van der Waals surface area contributed by atoms with Crippen LogP contribution in [0.25, 0.3) is 0 Å². The van der Waals surface area contributed by atoms with Crippen molar-refractivity contribution in [2.24, 2.45) is 0 Å². The van der Waals surface area contributed by atoms with E-state index in [0.717, 1.165) is 0 Å². The maximum atomic E-state index is 2.31. The van der Waals surface area contributed by atoms with Gasteiger partial charge in [0.1, 0.15) is 0 Å². The molecule has 0 aliphatic rings. The highest BCUT2D eigenvalue weighted by Crippen LogP contribution is 2.08. The largest absolute Gasteiger partial charge is 0.870 e. The Bertz CT molecular complexity index is 81.8. The third-order valence-corrected chi connectivity index (χ3v) is 2.74. The highest BCUT2D eigenvalue weighted by Gasteiger charge is 2.19. The van der Waals surface area contributed by atoms with Gasteiger partial charge in [-0.2, -0.15) is 0 Å². The monoisotopic (exact) mass is 175 g/mol. The molecule has 0 spiro atoms. The predicted molar refractivity (Wildman–Crippen MR) is 53.6 cm³/mol. The second kappa shape index (κ2) is 7.56. The van der Waals surface area contributed by atoms with Crippen LogP contribution in [-0.2, 0) is 0 Å². The van der Waals surface area contributed by atoms with Crippen LogP contribution in [0.4, 0.5) is 0 Å². The molecule has 0 aliphatic heterocycles. The fourth-order valence-corrected chi connectivity index (χ4v) is 1.92. The molecule has 0 aromatic carbocycles. The van der Waals surface area contributed by atoms with Gasteiger partial charge in [-0.3, -0.25) is 0 Å². The van der Waals surface area contributed by atoms with E-state index >= 15 is 0 Å². The molecule has 0 saturated carbocycles. The fraction of sp³-hybridized carbons (Fsp3) is 1.00. The Morgan fingerprint density at radius 1 is 0.750 bits per heavy atom. The Labute approximate surface area is 77.5 Å². The average molecular weight is 175 g/mol. The van der Waals surface area contributed by atoms with Crippen LogP contribution >= 0.6 is 0 Å². The van der Waals surface area contributed by atoms with E-state index in [0.29, 0.717) is 0 Å². The zero-order valence-electron chi connectivity index (χ0n) is 9.14. The van der Waals surface area contributed by atoms with Gasteiger partial charge in [-0.1, -0.05) is 13.8 Å². The Balaban J connectivity index is 0. The molecule has 76 valence electrons. The molecule has 0 amide bonds. The van der Waals surface area contributed by atoms with E-state index < -0.39 is 0 Å². The van der Waals surface area contributed by atoms with Gasteiger partial charge in [0, 0.05) is 0 Å². The molecular formula is C10H25NO. The Morgan fingerprint density at radius 2 is 1.08 bits per heavy atom. The molecule has 0 radical (unpaired) electrons. The van der Waals surface area contributed by atoms with Crippen molar-refractivity contribution in [2.45, 2.75) is 40.5 Å². The lowest BCUT2D eigenvalue weighted by molar-refractivity contribution is -0.925. The van der Waals surface area contributed by atoms with Crippen LogP contribution in [0.3, 0.4) is 0 Å². The van der Waals surface area contributed by atoms with Crippen molar-refractivity contribution >= 4 is 0 Å². The third kappa shape index (κ3) is 4.07. The number of quaternary nitrogens is 1. The minimum Gasteiger partial charge on any atom is -0.870 e. The van der Waals surface area contributed by atoms with Gasteiger partial charge in [0.05, 0.1) is 26.2 Å². The first-order chi connectivity index (χ1) is 5.24. The van der Waals surface area contributed by atoms with Crippen molar-refractivity contribution < 1.29 is 9.96 Å². The van der Waals surface area contributed by atoms with Crippen molar-refractivity contribution in [3.63, 3.8) is 0 Å². The van der Waals surface area contributed by atoms with Crippen molar-refractivity contribution in [1.29, 1.82) is 0 Å². The van der Waals surface area contributed by atoms with Gasteiger partial charge in [0.2, 0.25) is 0 Å². The predicted octanol–water partition coefficient (Wildman–Crippen LogP) is 2.49. The van der Waals surface area contributed by atoms with Gasteiger partial charge in [-0.15, -0.1) is 0 Å².